The number of halogens is 1. The minimum Gasteiger partial charge on any atom is -0.357 e. The van der Waals surface area contributed by atoms with Crippen LogP contribution in [0.4, 0.5) is 0 Å². The number of aromatic nitrogens is 2. The summed E-state index contributed by atoms with van der Waals surface area (Å²) in [5, 5.41) is 1.19. The third-order valence-corrected chi connectivity index (χ3v) is 3.80. The Morgan fingerprint density at radius 2 is 2.38 bits per heavy atom. The van der Waals surface area contributed by atoms with Crippen molar-refractivity contribution in [3.63, 3.8) is 0 Å². The summed E-state index contributed by atoms with van der Waals surface area (Å²) in [7, 11) is 2.19. The molecule has 3 heterocycles. The fourth-order valence-corrected chi connectivity index (χ4v) is 2.84. The average molecular weight is 280 g/mol. The van der Waals surface area contributed by atoms with Crippen LogP contribution in [0.3, 0.4) is 0 Å². The molecule has 0 aromatic carbocycles. The van der Waals surface area contributed by atoms with Gasteiger partial charge in [-0.25, -0.2) is 4.98 Å². The second-order valence-electron chi connectivity index (χ2n) is 4.46. The Morgan fingerprint density at radius 1 is 1.50 bits per heavy atom. The zero-order chi connectivity index (χ0) is 11.1. The molecule has 4 heteroatoms. The topological polar surface area (TPSA) is 31.9 Å². The summed E-state index contributed by atoms with van der Waals surface area (Å²) in [6, 6.07) is 4.81. The monoisotopic (exact) mass is 279 g/mol. The van der Waals surface area contributed by atoms with E-state index in [4.69, 9.17) is 0 Å². The van der Waals surface area contributed by atoms with Gasteiger partial charge in [0.2, 0.25) is 0 Å². The summed E-state index contributed by atoms with van der Waals surface area (Å²) in [5.41, 5.74) is 2.48. The molecule has 3 rings (SSSR count). The summed E-state index contributed by atoms with van der Waals surface area (Å²) in [5.74, 6) is 0. The number of pyridine rings is 1. The van der Waals surface area contributed by atoms with E-state index in [0.29, 0.717) is 6.04 Å². The van der Waals surface area contributed by atoms with Crippen LogP contribution in [0.2, 0.25) is 0 Å². The number of fused-ring (bicyclic) bond motifs is 1. The van der Waals surface area contributed by atoms with Crippen LogP contribution >= 0.6 is 15.9 Å². The number of likely N-dealkylation sites (tertiary alicyclic amines) is 1. The van der Waals surface area contributed by atoms with Crippen molar-refractivity contribution >= 4 is 26.8 Å². The molecule has 0 amide bonds. The van der Waals surface area contributed by atoms with Crippen molar-refractivity contribution < 1.29 is 0 Å². The fourth-order valence-electron chi connectivity index (χ4n) is 2.51. The Balaban J connectivity index is 2.04. The average Bonchev–Trinajstić information content (AvgIpc) is 2.82. The second kappa shape index (κ2) is 3.86. The molecule has 0 bridgehead atoms. The van der Waals surface area contributed by atoms with E-state index in [1.54, 1.807) is 0 Å². The number of hydrogen-bond donors (Lipinski definition) is 1. The van der Waals surface area contributed by atoms with Crippen molar-refractivity contribution in [2.45, 2.75) is 18.9 Å². The molecule has 0 unspecified atom stereocenters. The Kier molecular flexibility index (Phi) is 2.48. The van der Waals surface area contributed by atoms with Gasteiger partial charge in [0.05, 0.1) is 0 Å². The lowest BCUT2D eigenvalue weighted by Gasteiger charge is -2.17. The molecule has 0 radical (unpaired) electrons. The van der Waals surface area contributed by atoms with E-state index in [9.17, 15) is 0 Å². The molecule has 16 heavy (non-hydrogen) atoms. The maximum Gasteiger partial charge on any atom is 0.108 e. The lowest BCUT2D eigenvalue weighted by Crippen LogP contribution is -2.17. The number of H-pyrrole nitrogens is 1. The zero-order valence-electron chi connectivity index (χ0n) is 9.20. The maximum atomic E-state index is 4.25. The van der Waals surface area contributed by atoms with Crippen molar-refractivity contribution in [3.05, 3.63) is 28.6 Å². The first kappa shape index (κ1) is 10.3. The molecule has 0 spiro atoms. The van der Waals surface area contributed by atoms with Gasteiger partial charge in [0.1, 0.15) is 4.60 Å². The van der Waals surface area contributed by atoms with Gasteiger partial charge >= 0.3 is 0 Å². The quantitative estimate of drug-likeness (QED) is 0.814. The summed E-state index contributed by atoms with van der Waals surface area (Å²) < 4.78 is 0.883. The van der Waals surface area contributed by atoms with Crippen LogP contribution in [0.5, 0.6) is 0 Å². The van der Waals surface area contributed by atoms with Crippen molar-refractivity contribution in [2.24, 2.45) is 0 Å². The first-order valence-corrected chi connectivity index (χ1v) is 6.38. The van der Waals surface area contributed by atoms with Gasteiger partial charge in [0.25, 0.3) is 0 Å². The predicted molar refractivity (Wildman–Crippen MR) is 68.4 cm³/mol. The number of aromatic amines is 1. The molecule has 2 aromatic heterocycles. The standard InChI is InChI=1S/C12H14BrN3/c1-16-4-2-3-11(16)10-5-8-7-14-12(13)6-9(8)15-10/h5-7,11,15H,2-4H2,1H3/t11-/m0/s1. The summed E-state index contributed by atoms with van der Waals surface area (Å²) >= 11 is 3.40. The SMILES string of the molecule is CN1CCC[C@H]1c1cc2cnc(Br)cc2[nH]1. The zero-order valence-corrected chi connectivity index (χ0v) is 10.8. The van der Waals surface area contributed by atoms with Crippen LogP contribution in [-0.4, -0.2) is 28.5 Å². The highest BCUT2D eigenvalue weighted by atomic mass is 79.9. The van der Waals surface area contributed by atoms with Crippen molar-refractivity contribution in [2.75, 3.05) is 13.6 Å². The normalized spacial score (nSPS) is 22.0. The molecule has 1 aliphatic rings. The lowest BCUT2D eigenvalue weighted by atomic mass is 10.1. The third-order valence-electron chi connectivity index (χ3n) is 3.37. The van der Waals surface area contributed by atoms with E-state index in [1.165, 1.54) is 30.5 Å². The van der Waals surface area contributed by atoms with Gasteiger partial charge in [-0.15, -0.1) is 0 Å². The third kappa shape index (κ3) is 1.66. The Hall–Kier alpha value is -0.870. The van der Waals surface area contributed by atoms with Crippen molar-refractivity contribution in [1.29, 1.82) is 0 Å². The van der Waals surface area contributed by atoms with Gasteiger partial charge in [-0.3, -0.25) is 4.90 Å². The van der Waals surface area contributed by atoms with Crippen LogP contribution in [0.1, 0.15) is 24.6 Å². The highest BCUT2D eigenvalue weighted by Crippen LogP contribution is 2.31. The van der Waals surface area contributed by atoms with E-state index in [1.807, 2.05) is 12.3 Å². The minimum absolute atomic E-state index is 0.547. The molecule has 2 aromatic rings. The molecule has 84 valence electrons. The van der Waals surface area contributed by atoms with Crippen LogP contribution in [0.15, 0.2) is 22.9 Å². The number of nitrogens with zero attached hydrogens (tertiary/aromatic N) is 2. The fraction of sp³-hybridized carbons (Fsp3) is 0.417. The highest BCUT2D eigenvalue weighted by Gasteiger charge is 2.23. The number of hydrogen-bond acceptors (Lipinski definition) is 2. The van der Waals surface area contributed by atoms with E-state index in [2.05, 4.69) is 43.9 Å². The highest BCUT2D eigenvalue weighted by molar-refractivity contribution is 9.10. The molecular formula is C12H14BrN3. The summed E-state index contributed by atoms with van der Waals surface area (Å²) in [6.45, 7) is 1.20. The summed E-state index contributed by atoms with van der Waals surface area (Å²) in [6.07, 6.45) is 4.45. The van der Waals surface area contributed by atoms with Crippen LogP contribution in [0.25, 0.3) is 10.9 Å². The van der Waals surface area contributed by atoms with Crippen LogP contribution in [-0.2, 0) is 0 Å². The van der Waals surface area contributed by atoms with E-state index in [0.717, 1.165) is 10.1 Å². The van der Waals surface area contributed by atoms with E-state index in [-0.39, 0.29) is 0 Å². The van der Waals surface area contributed by atoms with Crippen LogP contribution < -0.4 is 0 Å². The largest absolute Gasteiger partial charge is 0.357 e. The van der Waals surface area contributed by atoms with E-state index < -0.39 is 0 Å². The van der Waals surface area contributed by atoms with Gasteiger partial charge in [0, 0.05) is 28.8 Å². The lowest BCUT2D eigenvalue weighted by molar-refractivity contribution is 0.313. The van der Waals surface area contributed by atoms with Crippen molar-refractivity contribution in [1.82, 2.24) is 14.9 Å². The molecule has 1 atom stereocenters. The van der Waals surface area contributed by atoms with Gasteiger partial charge in [-0.2, -0.15) is 0 Å². The smallest absolute Gasteiger partial charge is 0.108 e. The first-order chi connectivity index (χ1) is 7.74. The second-order valence-corrected chi connectivity index (χ2v) is 5.27. The molecule has 1 fully saturated rings. The Bertz CT molecular complexity index is 520. The Labute approximate surface area is 103 Å². The first-order valence-electron chi connectivity index (χ1n) is 5.58. The molecule has 0 aliphatic carbocycles. The maximum absolute atomic E-state index is 4.25. The molecule has 0 saturated carbocycles. The predicted octanol–water partition coefficient (Wildman–Crippen LogP) is 3.09. The van der Waals surface area contributed by atoms with Gasteiger partial charge in [0.15, 0.2) is 0 Å². The number of nitrogens with one attached hydrogen (secondary N) is 1. The molecule has 1 N–H and O–H groups in total. The van der Waals surface area contributed by atoms with E-state index >= 15 is 0 Å². The molecule has 1 aliphatic heterocycles. The molecular weight excluding hydrogens is 266 g/mol. The summed E-state index contributed by atoms with van der Waals surface area (Å²) in [4.78, 5) is 10.2. The minimum atomic E-state index is 0.547. The van der Waals surface area contributed by atoms with Gasteiger partial charge in [-0.1, -0.05) is 0 Å². The van der Waals surface area contributed by atoms with Gasteiger partial charge in [-0.05, 0) is 54.5 Å². The Morgan fingerprint density at radius 3 is 3.12 bits per heavy atom. The van der Waals surface area contributed by atoms with Crippen LogP contribution in [0, 0.1) is 0 Å². The van der Waals surface area contributed by atoms with Gasteiger partial charge < -0.3 is 4.98 Å². The molecule has 3 nitrogen and oxygen atoms in total. The molecule has 1 saturated heterocycles. The number of rotatable bonds is 1. The van der Waals surface area contributed by atoms with Crippen molar-refractivity contribution in [3.8, 4) is 0 Å².